The van der Waals surface area contributed by atoms with Crippen molar-refractivity contribution in [1.29, 1.82) is 0 Å². The van der Waals surface area contributed by atoms with E-state index in [1.54, 1.807) is 0 Å². The predicted molar refractivity (Wildman–Crippen MR) is 69.7 cm³/mol. The second-order valence-electron chi connectivity index (χ2n) is 3.88. The van der Waals surface area contributed by atoms with E-state index in [9.17, 15) is 0 Å². The minimum atomic E-state index is 0.184. The summed E-state index contributed by atoms with van der Waals surface area (Å²) in [6, 6.07) is 2.37. The van der Waals surface area contributed by atoms with E-state index in [1.807, 2.05) is 26.1 Å². The second-order valence-corrected chi connectivity index (χ2v) is 5.48. The van der Waals surface area contributed by atoms with E-state index in [-0.39, 0.29) is 5.38 Å². The number of halogens is 2. The van der Waals surface area contributed by atoms with Crippen LogP contribution in [-0.4, -0.2) is 16.4 Å². The maximum absolute atomic E-state index is 5.93. The average Bonchev–Trinajstić information content (AvgIpc) is 2.10. The quantitative estimate of drug-likeness (QED) is 0.849. The van der Waals surface area contributed by atoms with Crippen LogP contribution in [0.25, 0.3) is 0 Å². The molecule has 1 rings (SSSR count). The summed E-state index contributed by atoms with van der Waals surface area (Å²) in [6.07, 6.45) is 2.74. The van der Waals surface area contributed by atoms with Crippen molar-refractivity contribution in [3.8, 4) is 0 Å². The Kier molecular flexibility index (Phi) is 4.87. The van der Waals surface area contributed by atoms with Crippen molar-refractivity contribution in [3.63, 3.8) is 0 Å². The molecule has 1 heterocycles. The summed E-state index contributed by atoms with van der Waals surface area (Å²) >= 11 is 9.35. The number of hydrogen-bond acceptors (Lipinski definition) is 2. The molecule has 2 unspecified atom stereocenters. The van der Waals surface area contributed by atoms with Crippen LogP contribution in [0.15, 0.2) is 16.7 Å². The molecular formula is C11H16BrClN2. The number of aryl methyl sites for hydroxylation is 1. The van der Waals surface area contributed by atoms with Gasteiger partial charge in [-0.1, -0.05) is 0 Å². The van der Waals surface area contributed by atoms with Crippen LogP contribution in [0.4, 0.5) is 5.82 Å². The largest absolute Gasteiger partial charge is 0.368 e. The first-order valence-electron chi connectivity index (χ1n) is 5.01. The van der Waals surface area contributed by atoms with Crippen molar-refractivity contribution in [1.82, 2.24) is 4.98 Å². The normalized spacial score (nSPS) is 14.7. The van der Waals surface area contributed by atoms with Crippen LogP contribution in [0.2, 0.25) is 0 Å². The molecule has 4 heteroatoms. The van der Waals surface area contributed by atoms with E-state index in [1.165, 1.54) is 5.56 Å². The summed E-state index contributed by atoms with van der Waals surface area (Å²) < 4.78 is 1.03. The van der Waals surface area contributed by atoms with Gasteiger partial charge in [-0.15, -0.1) is 11.6 Å². The van der Waals surface area contributed by atoms with E-state index in [0.29, 0.717) is 6.04 Å². The third-order valence-corrected chi connectivity index (χ3v) is 3.13. The lowest BCUT2D eigenvalue weighted by atomic mass is 10.2. The fourth-order valence-electron chi connectivity index (χ4n) is 1.42. The van der Waals surface area contributed by atoms with Gasteiger partial charge in [-0.25, -0.2) is 4.98 Å². The molecule has 0 amide bonds. The van der Waals surface area contributed by atoms with Gasteiger partial charge in [-0.2, -0.15) is 0 Å². The smallest absolute Gasteiger partial charge is 0.126 e. The Hall–Kier alpha value is -0.280. The molecule has 1 aromatic rings. The molecular weight excluding hydrogens is 275 g/mol. The second kappa shape index (κ2) is 5.71. The van der Waals surface area contributed by atoms with Crippen LogP contribution in [0.3, 0.4) is 0 Å². The Bertz CT molecular complexity index is 328. The first kappa shape index (κ1) is 12.8. The topological polar surface area (TPSA) is 24.9 Å². The Morgan fingerprint density at radius 1 is 1.53 bits per heavy atom. The van der Waals surface area contributed by atoms with Crippen LogP contribution >= 0.6 is 27.5 Å². The number of pyridine rings is 1. The van der Waals surface area contributed by atoms with Crippen molar-refractivity contribution in [2.75, 3.05) is 5.32 Å². The molecule has 0 spiro atoms. The highest BCUT2D eigenvalue weighted by Gasteiger charge is 2.07. The maximum Gasteiger partial charge on any atom is 0.126 e. The van der Waals surface area contributed by atoms with E-state index in [4.69, 9.17) is 11.6 Å². The maximum atomic E-state index is 5.93. The molecule has 15 heavy (non-hydrogen) atoms. The van der Waals surface area contributed by atoms with E-state index >= 15 is 0 Å². The number of alkyl halides is 1. The molecule has 2 nitrogen and oxygen atoms in total. The minimum absolute atomic E-state index is 0.184. The van der Waals surface area contributed by atoms with Gasteiger partial charge in [0.15, 0.2) is 0 Å². The lowest BCUT2D eigenvalue weighted by Crippen LogP contribution is -2.19. The fourth-order valence-corrected chi connectivity index (χ4v) is 1.90. The molecule has 0 aliphatic rings. The monoisotopic (exact) mass is 290 g/mol. The lowest BCUT2D eigenvalue weighted by molar-refractivity contribution is 0.693. The van der Waals surface area contributed by atoms with Gasteiger partial charge in [0.05, 0.1) is 0 Å². The number of hydrogen-bond donors (Lipinski definition) is 1. The van der Waals surface area contributed by atoms with Crippen LogP contribution < -0.4 is 5.32 Å². The predicted octanol–water partition coefficient (Wildman–Crippen LogP) is 3.97. The average molecular weight is 292 g/mol. The van der Waals surface area contributed by atoms with Gasteiger partial charge in [-0.3, -0.25) is 0 Å². The molecule has 2 atom stereocenters. The molecule has 0 aromatic carbocycles. The molecule has 1 N–H and O–H groups in total. The molecule has 1 aromatic heterocycles. The minimum Gasteiger partial charge on any atom is -0.368 e. The van der Waals surface area contributed by atoms with E-state index in [2.05, 4.69) is 33.2 Å². The van der Waals surface area contributed by atoms with Gasteiger partial charge in [-0.05, 0) is 54.8 Å². The van der Waals surface area contributed by atoms with Gasteiger partial charge < -0.3 is 5.32 Å². The van der Waals surface area contributed by atoms with Crippen LogP contribution in [0.5, 0.6) is 0 Å². The van der Waals surface area contributed by atoms with Gasteiger partial charge in [0.25, 0.3) is 0 Å². The zero-order valence-corrected chi connectivity index (χ0v) is 11.6. The molecule has 0 aliphatic heterocycles. The van der Waals surface area contributed by atoms with Crippen LogP contribution in [-0.2, 0) is 0 Å². The number of nitrogens with one attached hydrogen (secondary N) is 1. The third-order valence-electron chi connectivity index (χ3n) is 2.12. The molecule has 0 fully saturated rings. The van der Waals surface area contributed by atoms with Gasteiger partial charge in [0.2, 0.25) is 0 Å². The first-order valence-corrected chi connectivity index (χ1v) is 6.24. The summed E-state index contributed by atoms with van der Waals surface area (Å²) in [4.78, 5) is 4.29. The van der Waals surface area contributed by atoms with Gasteiger partial charge in [0, 0.05) is 22.1 Å². The fraction of sp³-hybridized carbons (Fsp3) is 0.545. The van der Waals surface area contributed by atoms with E-state index in [0.717, 1.165) is 16.7 Å². The van der Waals surface area contributed by atoms with Crippen molar-refractivity contribution in [3.05, 3.63) is 22.3 Å². The third kappa shape index (κ3) is 4.39. The Morgan fingerprint density at radius 3 is 2.73 bits per heavy atom. The molecule has 0 saturated heterocycles. The lowest BCUT2D eigenvalue weighted by Gasteiger charge is -2.16. The van der Waals surface area contributed by atoms with Crippen LogP contribution in [0, 0.1) is 6.92 Å². The summed E-state index contributed by atoms with van der Waals surface area (Å²) in [6.45, 7) is 6.16. The summed E-state index contributed by atoms with van der Waals surface area (Å²) in [5.74, 6) is 0.903. The van der Waals surface area contributed by atoms with Gasteiger partial charge >= 0.3 is 0 Å². The van der Waals surface area contributed by atoms with Gasteiger partial charge in [0.1, 0.15) is 5.82 Å². The Morgan fingerprint density at radius 2 is 2.20 bits per heavy atom. The number of rotatable bonds is 4. The van der Waals surface area contributed by atoms with Crippen LogP contribution in [0.1, 0.15) is 25.8 Å². The highest BCUT2D eigenvalue weighted by molar-refractivity contribution is 9.10. The zero-order chi connectivity index (χ0) is 11.4. The summed E-state index contributed by atoms with van der Waals surface area (Å²) in [5.41, 5.74) is 1.18. The first-order chi connectivity index (χ1) is 6.99. The highest BCUT2D eigenvalue weighted by atomic mass is 79.9. The summed E-state index contributed by atoms with van der Waals surface area (Å²) in [7, 11) is 0. The molecule has 0 radical (unpaired) electrons. The van der Waals surface area contributed by atoms with Crippen molar-refractivity contribution < 1.29 is 0 Å². The zero-order valence-electron chi connectivity index (χ0n) is 9.22. The highest BCUT2D eigenvalue weighted by Crippen LogP contribution is 2.18. The van der Waals surface area contributed by atoms with Crippen molar-refractivity contribution >= 4 is 33.3 Å². The SMILES string of the molecule is Cc1cc(NC(C)CC(C)Cl)ncc1Br. The van der Waals surface area contributed by atoms with Crippen molar-refractivity contribution in [2.24, 2.45) is 0 Å². The Balaban J connectivity index is 2.60. The number of anilines is 1. The number of aromatic nitrogens is 1. The molecule has 0 bridgehead atoms. The standard InChI is InChI=1S/C11H16BrClN2/c1-7-4-11(14-6-10(7)12)15-9(3)5-8(2)13/h4,6,8-9H,5H2,1-3H3,(H,14,15). The van der Waals surface area contributed by atoms with E-state index < -0.39 is 0 Å². The molecule has 0 saturated carbocycles. The van der Waals surface area contributed by atoms with Crippen molar-refractivity contribution in [2.45, 2.75) is 38.6 Å². The molecule has 84 valence electrons. The number of nitrogens with zero attached hydrogens (tertiary/aromatic N) is 1. The molecule has 0 aliphatic carbocycles. The Labute approximate surface area is 105 Å². The summed E-state index contributed by atoms with van der Waals surface area (Å²) in [5, 5.41) is 3.51.